The maximum atomic E-state index is 6.07. The molecule has 0 aliphatic carbocycles. The van der Waals surface area contributed by atoms with Gasteiger partial charge in [0, 0.05) is 16.7 Å². The zero-order valence-corrected chi connectivity index (χ0v) is 11.8. The first-order valence-electron chi connectivity index (χ1n) is 6.32. The second-order valence-electron chi connectivity index (χ2n) is 4.71. The van der Waals surface area contributed by atoms with E-state index in [0.717, 1.165) is 16.9 Å². The van der Waals surface area contributed by atoms with Gasteiger partial charge in [0.05, 0.1) is 11.4 Å². The van der Waals surface area contributed by atoms with E-state index < -0.39 is 0 Å². The van der Waals surface area contributed by atoms with Gasteiger partial charge in [0.1, 0.15) is 5.82 Å². The smallest absolute Gasteiger partial charge is 0.127 e. The summed E-state index contributed by atoms with van der Waals surface area (Å²) in [6.07, 6.45) is 0. The summed E-state index contributed by atoms with van der Waals surface area (Å²) in [7, 11) is 0. The highest BCUT2D eigenvalue weighted by Gasteiger charge is 2.08. The van der Waals surface area contributed by atoms with Gasteiger partial charge < -0.3 is 5.73 Å². The summed E-state index contributed by atoms with van der Waals surface area (Å²) < 4.78 is 1.75. The van der Waals surface area contributed by atoms with Gasteiger partial charge in [-0.25, -0.2) is 4.68 Å². The molecule has 2 N–H and O–H groups in total. The van der Waals surface area contributed by atoms with E-state index in [4.69, 9.17) is 17.3 Å². The largest absolute Gasteiger partial charge is 0.384 e. The first kappa shape index (κ1) is 12.8. The van der Waals surface area contributed by atoms with Crippen molar-refractivity contribution in [3.8, 4) is 16.9 Å². The molecule has 100 valence electrons. The molecule has 0 atom stereocenters. The molecule has 0 aliphatic heterocycles. The molecule has 4 heteroatoms. The first-order valence-corrected chi connectivity index (χ1v) is 6.70. The van der Waals surface area contributed by atoms with Crippen LogP contribution in [-0.4, -0.2) is 9.78 Å². The SMILES string of the molecule is Cc1cccc(-n2nc(-c3ccc(Cl)cc3)cc2N)c1. The number of nitrogen functional groups attached to an aromatic ring is 1. The molecule has 0 aliphatic rings. The Morgan fingerprint density at radius 3 is 2.50 bits per heavy atom. The van der Waals surface area contributed by atoms with E-state index in [1.165, 1.54) is 5.56 Å². The first-order chi connectivity index (χ1) is 9.63. The topological polar surface area (TPSA) is 43.8 Å². The Labute approximate surface area is 122 Å². The maximum Gasteiger partial charge on any atom is 0.127 e. The third-order valence-corrected chi connectivity index (χ3v) is 3.38. The quantitative estimate of drug-likeness (QED) is 0.770. The van der Waals surface area contributed by atoms with Crippen LogP contribution >= 0.6 is 11.6 Å². The number of aryl methyl sites for hydroxylation is 1. The predicted octanol–water partition coefficient (Wildman–Crippen LogP) is 4.08. The van der Waals surface area contributed by atoms with Gasteiger partial charge in [0.2, 0.25) is 0 Å². The second kappa shape index (κ2) is 5.02. The molecule has 0 spiro atoms. The van der Waals surface area contributed by atoms with Crippen molar-refractivity contribution in [2.24, 2.45) is 0 Å². The van der Waals surface area contributed by atoms with Gasteiger partial charge in [0.15, 0.2) is 0 Å². The summed E-state index contributed by atoms with van der Waals surface area (Å²) in [5.74, 6) is 0.612. The highest BCUT2D eigenvalue weighted by atomic mass is 35.5. The number of nitrogens with two attached hydrogens (primary N) is 1. The van der Waals surface area contributed by atoms with Crippen molar-refractivity contribution >= 4 is 17.4 Å². The van der Waals surface area contributed by atoms with E-state index in [2.05, 4.69) is 11.2 Å². The summed E-state index contributed by atoms with van der Waals surface area (Å²) in [6, 6.07) is 17.5. The lowest BCUT2D eigenvalue weighted by Gasteiger charge is -2.04. The van der Waals surface area contributed by atoms with Gasteiger partial charge in [-0.2, -0.15) is 5.10 Å². The van der Waals surface area contributed by atoms with Crippen molar-refractivity contribution in [1.82, 2.24) is 9.78 Å². The Morgan fingerprint density at radius 2 is 1.80 bits per heavy atom. The third-order valence-electron chi connectivity index (χ3n) is 3.12. The van der Waals surface area contributed by atoms with Crippen LogP contribution in [0.25, 0.3) is 16.9 Å². The van der Waals surface area contributed by atoms with Crippen molar-refractivity contribution in [2.45, 2.75) is 6.92 Å². The monoisotopic (exact) mass is 283 g/mol. The predicted molar refractivity (Wildman–Crippen MR) is 83.2 cm³/mol. The van der Waals surface area contributed by atoms with E-state index in [1.807, 2.05) is 55.5 Å². The average Bonchev–Trinajstić information content (AvgIpc) is 2.82. The molecule has 0 radical (unpaired) electrons. The molecular formula is C16H14ClN3. The van der Waals surface area contributed by atoms with Crippen molar-refractivity contribution in [1.29, 1.82) is 0 Å². The number of anilines is 1. The lowest BCUT2D eigenvalue weighted by molar-refractivity contribution is 0.894. The molecule has 3 rings (SSSR count). The summed E-state index contributed by atoms with van der Waals surface area (Å²) in [5.41, 5.74) is 10.0. The summed E-state index contributed by atoms with van der Waals surface area (Å²) in [6.45, 7) is 2.04. The standard InChI is InChI=1S/C16H14ClN3/c1-11-3-2-4-14(9-11)20-16(18)10-15(19-20)12-5-7-13(17)8-6-12/h2-10H,18H2,1H3. The maximum absolute atomic E-state index is 6.07. The number of benzene rings is 2. The minimum Gasteiger partial charge on any atom is -0.384 e. The zero-order chi connectivity index (χ0) is 14.1. The third kappa shape index (κ3) is 2.40. The fourth-order valence-corrected chi connectivity index (χ4v) is 2.25. The number of hydrogen-bond donors (Lipinski definition) is 1. The minimum absolute atomic E-state index is 0.612. The number of hydrogen-bond acceptors (Lipinski definition) is 2. The highest BCUT2D eigenvalue weighted by Crippen LogP contribution is 2.24. The lowest BCUT2D eigenvalue weighted by atomic mass is 10.1. The molecule has 3 nitrogen and oxygen atoms in total. The van der Waals surface area contributed by atoms with Crippen LogP contribution in [0, 0.1) is 6.92 Å². The number of aromatic nitrogens is 2. The summed E-state index contributed by atoms with van der Waals surface area (Å²) in [4.78, 5) is 0. The van der Waals surface area contributed by atoms with Crippen LogP contribution in [0.5, 0.6) is 0 Å². The van der Waals surface area contributed by atoms with Crippen molar-refractivity contribution < 1.29 is 0 Å². The van der Waals surface area contributed by atoms with Crippen molar-refractivity contribution in [2.75, 3.05) is 5.73 Å². The van der Waals surface area contributed by atoms with Gasteiger partial charge in [-0.1, -0.05) is 35.9 Å². The second-order valence-corrected chi connectivity index (χ2v) is 5.15. The van der Waals surface area contributed by atoms with Crippen LogP contribution in [-0.2, 0) is 0 Å². The van der Waals surface area contributed by atoms with Crippen LogP contribution in [0.4, 0.5) is 5.82 Å². The number of nitrogens with zero attached hydrogens (tertiary/aromatic N) is 2. The molecule has 3 aromatic rings. The molecule has 0 saturated carbocycles. The van der Waals surface area contributed by atoms with Crippen LogP contribution in [0.2, 0.25) is 5.02 Å². The number of rotatable bonds is 2. The van der Waals surface area contributed by atoms with Gasteiger partial charge in [-0.15, -0.1) is 0 Å². The van der Waals surface area contributed by atoms with E-state index in [9.17, 15) is 0 Å². The normalized spacial score (nSPS) is 10.7. The summed E-state index contributed by atoms with van der Waals surface area (Å²) >= 11 is 5.90. The van der Waals surface area contributed by atoms with Crippen LogP contribution in [0.3, 0.4) is 0 Å². The van der Waals surface area contributed by atoms with Crippen molar-refractivity contribution in [3.63, 3.8) is 0 Å². The molecule has 1 heterocycles. The van der Waals surface area contributed by atoms with Gasteiger partial charge >= 0.3 is 0 Å². The van der Waals surface area contributed by atoms with Crippen LogP contribution in [0.1, 0.15) is 5.56 Å². The lowest BCUT2D eigenvalue weighted by Crippen LogP contribution is -2.01. The Hall–Kier alpha value is -2.26. The van der Waals surface area contributed by atoms with E-state index in [0.29, 0.717) is 10.8 Å². The molecule has 0 saturated heterocycles. The molecular weight excluding hydrogens is 270 g/mol. The molecule has 0 amide bonds. The number of halogens is 1. The highest BCUT2D eigenvalue weighted by molar-refractivity contribution is 6.30. The average molecular weight is 284 g/mol. The summed E-state index contributed by atoms with van der Waals surface area (Å²) in [5, 5.41) is 5.28. The molecule has 0 bridgehead atoms. The molecule has 1 aromatic heterocycles. The Bertz CT molecular complexity index is 745. The Balaban J connectivity index is 2.05. The molecule has 20 heavy (non-hydrogen) atoms. The molecule has 0 unspecified atom stereocenters. The fraction of sp³-hybridized carbons (Fsp3) is 0.0625. The zero-order valence-electron chi connectivity index (χ0n) is 11.0. The van der Waals surface area contributed by atoms with Crippen LogP contribution in [0.15, 0.2) is 54.6 Å². The Kier molecular flexibility index (Phi) is 3.20. The van der Waals surface area contributed by atoms with Crippen LogP contribution < -0.4 is 5.73 Å². The van der Waals surface area contributed by atoms with E-state index in [-0.39, 0.29) is 0 Å². The van der Waals surface area contributed by atoms with Crippen molar-refractivity contribution in [3.05, 3.63) is 65.2 Å². The minimum atomic E-state index is 0.612. The van der Waals surface area contributed by atoms with Gasteiger partial charge in [-0.3, -0.25) is 0 Å². The van der Waals surface area contributed by atoms with Gasteiger partial charge in [0.25, 0.3) is 0 Å². The molecule has 2 aromatic carbocycles. The van der Waals surface area contributed by atoms with E-state index in [1.54, 1.807) is 4.68 Å². The molecule has 0 fully saturated rings. The fourth-order valence-electron chi connectivity index (χ4n) is 2.12. The van der Waals surface area contributed by atoms with Gasteiger partial charge in [-0.05, 0) is 36.8 Å². The van der Waals surface area contributed by atoms with E-state index >= 15 is 0 Å². The Morgan fingerprint density at radius 1 is 1.05 bits per heavy atom.